The van der Waals surface area contributed by atoms with Gasteiger partial charge in [-0.2, -0.15) is 0 Å². The summed E-state index contributed by atoms with van der Waals surface area (Å²) in [5.41, 5.74) is 1.08. The van der Waals surface area contributed by atoms with E-state index in [1.165, 1.54) is 23.5 Å². The SMILES string of the molecule is Cc1cc(C(=O)Cc2c(F)cccc2Cl)sc1Cl. The molecule has 0 aliphatic rings. The molecule has 0 bridgehead atoms. The van der Waals surface area contributed by atoms with E-state index in [0.717, 1.165) is 5.56 Å². The number of hydrogen-bond donors (Lipinski definition) is 0. The zero-order valence-corrected chi connectivity index (χ0v) is 11.8. The molecule has 1 nitrogen and oxygen atoms in total. The van der Waals surface area contributed by atoms with Crippen LogP contribution in [-0.2, 0) is 6.42 Å². The molecule has 94 valence electrons. The fourth-order valence-electron chi connectivity index (χ4n) is 1.55. The number of aryl methyl sites for hydroxylation is 1. The third-order valence-electron chi connectivity index (χ3n) is 2.53. The van der Waals surface area contributed by atoms with Crippen LogP contribution in [0, 0.1) is 12.7 Å². The zero-order valence-electron chi connectivity index (χ0n) is 9.47. The van der Waals surface area contributed by atoms with Crippen LogP contribution in [0.5, 0.6) is 0 Å². The topological polar surface area (TPSA) is 17.1 Å². The number of halogens is 3. The lowest BCUT2D eigenvalue weighted by molar-refractivity contribution is 0.0995. The molecule has 0 saturated heterocycles. The Kier molecular flexibility index (Phi) is 4.05. The van der Waals surface area contributed by atoms with Crippen molar-refractivity contribution in [2.24, 2.45) is 0 Å². The molecule has 0 amide bonds. The lowest BCUT2D eigenvalue weighted by Crippen LogP contribution is -2.04. The van der Waals surface area contributed by atoms with Gasteiger partial charge in [-0.15, -0.1) is 11.3 Å². The van der Waals surface area contributed by atoms with Crippen molar-refractivity contribution in [2.75, 3.05) is 0 Å². The first kappa shape index (κ1) is 13.5. The van der Waals surface area contributed by atoms with Crippen molar-refractivity contribution in [3.8, 4) is 0 Å². The maximum atomic E-state index is 13.6. The molecule has 1 aromatic carbocycles. The minimum absolute atomic E-state index is 0.0538. The van der Waals surface area contributed by atoms with Crippen molar-refractivity contribution in [1.29, 1.82) is 0 Å². The summed E-state index contributed by atoms with van der Waals surface area (Å²) in [5, 5.41) is 0.266. The number of carbonyl (C=O) groups excluding carboxylic acids is 1. The summed E-state index contributed by atoms with van der Waals surface area (Å²) < 4.78 is 14.1. The molecular formula is C13H9Cl2FOS. The maximum Gasteiger partial charge on any atom is 0.177 e. The van der Waals surface area contributed by atoms with Crippen LogP contribution in [0.15, 0.2) is 24.3 Å². The number of Topliss-reactive ketones (excluding diaryl/α,β-unsaturated/α-hetero) is 1. The molecule has 0 spiro atoms. The van der Waals surface area contributed by atoms with Gasteiger partial charge in [0.25, 0.3) is 0 Å². The van der Waals surface area contributed by atoms with E-state index in [0.29, 0.717) is 9.21 Å². The van der Waals surface area contributed by atoms with Crippen LogP contribution in [0.4, 0.5) is 4.39 Å². The second kappa shape index (κ2) is 5.39. The Bertz CT molecular complexity index is 567. The third kappa shape index (κ3) is 2.74. The molecule has 0 aliphatic heterocycles. The quantitative estimate of drug-likeness (QED) is 0.735. The zero-order chi connectivity index (χ0) is 13.3. The maximum absolute atomic E-state index is 13.6. The smallest absolute Gasteiger partial charge is 0.177 e. The first-order valence-corrected chi connectivity index (χ1v) is 6.78. The molecule has 1 heterocycles. The molecule has 2 rings (SSSR count). The van der Waals surface area contributed by atoms with Gasteiger partial charge in [-0.1, -0.05) is 29.3 Å². The fraction of sp³-hybridized carbons (Fsp3) is 0.154. The van der Waals surface area contributed by atoms with Gasteiger partial charge < -0.3 is 0 Å². The molecule has 2 aromatic rings. The van der Waals surface area contributed by atoms with Crippen molar-refractivity contribution >= 4 is 40.3 Å². The van der Waals surface area contributed by atoms with Gasteiger partial charge in [0.15, 0.2) is 5.78 Å². The number of hydrogen-bond acceptors (Lipinski definition) is 2. The molecule has 0 fully saturated rings. The minimum Gasteiger partial charge on any atom is -0.293 e. The molecule has 5 heteroatoms. The summed E-state index contributed by atoms with van der Waals surface area (Å²) in [6.45, 7) is 1.83. The summed E-state index contributed by atoms with van der Waals surface area (Å²) in [5.74, 6) is -0.641. The van der Waals surface area contributed by atoms with Crippen LogP contribution in [0.25, 0.3) is 0 Å². The highest BCUT2D eigenvalue weighted by Crippen LogP contribution is 2.29. The monoisotopic (exact) mass is 302 g/mol. The van der Waals surface area contributed by atoms with Crippen LogP contribution in [0.2, 0.25) is 9.36 Å². The fourth-order valence-corrected chi connectivity index (χ4v) is 2.91. The predicted octanol–water partition coefficient (Wildman–Crippen LogP) is 4.93. The van der Waals surface area contributed by atoms with Crippen molar-refractivity contribution < 1.29 is 9.18 Å². The van der Waals surface area contributed by atoms with Gasteiger partial charge in [0.2, 0.25) is 0 Å². The predicted molar refractivity (Wildman–Crippen MR) is 73.5 cm³/mol. The van der Waals surface area contributed by atoms with Crippen molar-refractivity contribution in [2.45, 2.75) is 13.3 Å². The molecule has 0 atom stereocenters. The van der Waals surface area contributed by atoms with Gasteiger partial charge in [0.05, 0.1) is 9.21 Å². The van der Waals surface area contributed by atoms with Crippen LogP contribution in [-0.4, -0.2) is 5.78 Å². The summed E-state index contributed by atoms with van der Waals surface area (Å²) in [7, 11) is 0. The summed E-state index contributed by atoms with van der Waals surface area (Å²) in [6.07, 6.45) is -0.0538. The molecule has 0 saturated carbocycles. The average Bonchev–Trinajstić information content (AvgIpc) is 2.64. The third-order valence-corrected chi connectivity index (χ3v) is 4.48. The highest BCUT2D eigenvalue weighted by molar-refractivity contribution is 7.18. The lowest BCUT2D eigenvalue weighted by atomic mass is 10.1. The number of ketones is 1. The van der Waals surface area contributed by atoms with Crippen LogP contribution >= 0.6 is 34.5 Å². The van der Waals surface area contributed by atoms with Gasteiger partial charge in [-0.05, 0) is 30.7 Å². The normalized spacial score (nSPS) is 10.7. The Morgan fingerprint density at radius 2 is 2.11 bits per heavy atom. The number of rotatable bonds is 3. The van der Waals surface area contributed by atoms with Crippen molar-refractivity contribution in [3.63, 3.8) is 0 Å². The molecule has 18 heavy (non-hydrogen) atoms. The molecule has 0 aliphatic carbocycles. The van der Waals surface area contributed by atoms with Crippen LogP contribution in [0.3, 0.4) is 0 Å². The molecule has 0 N–H and O–H groups in total. The molecular weight excluding hydrogens is 294 g/mol. The molecule has 1 aromatic heterocycles. The van der Waals surface area contributed by atoms with Gasteiger partial charge in [-0.25, -0.2) is 4.39 Å². The van der Waals surface area contributed by atoms with E-state index in [4.69, 9.17) is 23.2 Å². The lowest BCUT2D eigenvalue weighted by Gasteiger charge is -2.03. The van der Waals surface area contributed by atoms with Crippen molar-refractivity contribution in [3.05, 3.63) is 55.4 Å². The van der Waals surface area contributed by atoms with Gasteiger partial charge in [0, 0.05) is 17.0 Å². The Labute approximate surface area is 118 Å². The Morgan fingerprint density at radius 3 is 2.67 bits per heavy atom. The van der Waals surface area contributed by atoms with E-state index >= 15 is 0 Å². The molecule has 0 radical (unpaired) electrons. The van der Waals surface area contributed by atoms with Gasteiger partial charge in [0.1, 0.15) is 5.82 Å². The summed E-state index contributed by atoms with van der Waals surface area (Å²) in [6, 6.07) is 6.09. The minimum atomic E-state index is -0.463. The highest BCUT2D eigenvalue weighted by atomic mass is 35.5. The molecule has 0 unspecified atom stereocenters. The Balaban J connectivity index is 2.27. The van der Waals surface area contributed by atoms with Crippen LogP contribution < -0.4 is 0 Å². The summed E-state index contributed by atoms with van der Waals surface area (Å²) in [4.78, 5) is 12.5. The van der Waals surface area contributed by atoms with E-state index in [-0.39, 0.29) is 22.8 Å². The van der Waals surface area contributed by atoms with Gasteiger partial charge in [-0.3, -0.25) is 4.79 Å². The largest absolute Gasteiger partial charge is 0.293 e. The number of carbonyl (C=O) groups is 1. The van der Waals surface area contributed by atoms with E-state index < -0.39 is 5.82 Å². The second-order valence-corrected chi connectivity index (χ2v) is 5.93. The summed E-state index contributed by atoms with van der Waals surface area (Å²) >= 11 is 13.0. The van der Waals surface area contributed by atoms with Gasteiger partial charge >= 0.3 is 0 Å². The highest BCUT2D eigenvalue weighted by Gasteiger charge is 2.16. The van der Waals surface area contributed by atoms with Crippen LogP contribution in [0.1, 0.15) is 20.8 Å². The standard InChI is InChI=1S/C13H9Cl2FOS/c1-7-5-12(18-13(7)15)11(17)6-8-9(14)3-2-4-10(8)16/h2-5H,6H2,1H3. The number of thiophene rings is 1. The Morgan fingerprint density at radius 1 is 1.39 bits per heavy atom. The van der Waals surface area contributed by atoms with E-state index in [1.54, 1.807) is 12.1 Å². The second-order valence-electron chi connectivity index (χ2n) is 3.87. The first-order valence-electron chi connectivity index (χ1n) is 5.21. The van der Waals surface area contributed by atoms with E-state index in [2.05, 4.69) is 0 Å². The van der Waals surface area contributed by atoms with E-state index in [9.17, 15) is 9.18 Å². The number of benzene rings is 1. The van der Waals surface area contributed by atoms with E-state index in [1.807, 2.05) is 6.92 Å². The first-order chi connectivity index (χ1) is 8.49. The Hall–Kier alpha value is -0.900. The average molecular weight is 303 g/mol. The van der Waals surface area contributed by atoms with Crippen molar-refractivity contribution in [1.82, 2.24) is 0 Å².